The molecular weight excluding hydrogens is 238 g/mol. The first kappa shape index (κ1) is 18.9. The summed E-state index contributed by atoms with van der Waals surface area (Å²) >= 11 is 0. The van der Waals surface area contributed by atoms with E-state index in [0.717, 1.165) is 0 Å². The monoisotopic (exact) mass is 273 g/mol. The van der Waals surface area contributed by atoms with Gasteiger partial charge in [0.2, 0.25) is 0 Å². The summed E-state index contributed by atoms with van der Waals surface area (Å²) in [7, 11) is 0. The Morgan fingerprint density at radius 2 is 1.63 bits per heavy atom. The van der Waals surface area contributed by atoms with E-state index in [2.05, 4.69) is 26.1 Å². The third-order valence-corrected chi connectivity index (χ3v) is 3.89. The summed E-state index contributed by atoms with van der Waals surface area (Å²) in [5.74, 6) is 0. The molecule has 0 aromatic carbocycles. The number of unbranched alkanes of at least 4 members (excludes halogenated alkanes) is 4. The Labute approximate surface area is 119 Å². The third-order valence-electron chi connectivity index (χ3n) is 3.89. The molecule has 0 aromatic rings. The fourth-order valence-electron chi connectivity index (χ4n) is 2.43. The van der Waals surface area contributed by atoms with E-state index in [1.54, 1.807) is 0 Å². The number of β-amino-alcohol motifs (C(OH)–C–C–N with tert-alkyl or cyclic N) is 1. The van der Waals surface area contributed by atoms with Crippen molar-refractivity contribution in [1.82, 2.24) is 5.32 Å². The van der Waals surface area contributed by atoms with Crippen molar-refractivity contribution in [3.63, 3.8) is 0 Å². The molecule has 0 rings (SSSR count). The van der Waals surface area contributed by atoms with Crippen molar-refractivity contribution in [1.29, 1.82) is 0 Å². The smallest absolute Gasteiger partial charge is 0.0686 e. The second kappa shape index (κ2) is 11.7. The van der Waals surface area contributed by atoms with Gasteiger partial charge in [-0.2, -0.15) is 0 Å². The van der Waals surface area contributed by atoms with Crippen LogP contribution in [0.2, 0.25) is 0 Å². The fourth-order valence-corrected chi connectivity index (χ4v) is 2.43. The summed E-state index contributed by atoms with van der Waals surface area (Å²) in [6, 6.07) is 0. The average Bonchev–Trinajstić information content (AvgIpc) is 2.40. The lowest BCUT2D eigenvalue weighted by atomic mass is 9.88. The molecule has 0 aliphatic heterocycles. The molecule has 0 bridgehead atoms. The minimum absolute atomic E-state index is 0.0605. The lowest BCUT2D eigenvalue weighted by Crippen LogP contribution is -2.46. The van der Waals surface area contributed by atoms with Gasteiger partial charge in [-0.05, 0) is 26.2 Å². The number of aliphatic hydroxyl groups is 2. The van der Waals surface area contributed by atoms with Gasteiger partial charge in [-0.1, -0.05) is 52.4 Å². The van der Waals surface area contributed by atoms with Crippen LogP contribution in [-0.2, 0) is 0 Å². The first-order valence-electron chi connectivity index (χ1n) is 8.12. The quantitative estimate of drug-likeness (QED) is 0.452. The molecule has 0 spiro atoms. The lowest BCUT2D eigenvalue weighted by Gasteiger charge is -2.32. The van der Waals surface area contributed by atoms with Crippen LogP contribution in [0, 0.1) is 0 Å². The van der Waals surface area contributed by atoms with Crippen molar-refractivity contribution in [2.45, 2.75) is 90.2 Å². The molecule has 0 saturated carbocycles. The molecule has 19 heavy (non-hydrogen) atoms. The standard InChI is InChI=1S/C16H35NO2/c1-4-6-8-9-12-16(3,11-7-5-2)17-14-15(19)10-13-18/h15,17-19H,4-14H2,1-3H3. The maximum absolute atomic E-state index is 9.73. The van der Waals surface area contributed by atoms with Gasteiger partial charge in [-0.25, -0.2) is 0 Å². The zero-order valence-electron chi connectivity index (χ0n) is 13.2. The fraction of sp³-hybridized carbons (Fsp3) is 1.00. The molecule has 116 valence electrons. The predicted octanol–water partition coefficient (Wildman–Crippen LogP) is 3.24. The van der Waals surface area contributed by atoms with Gasteiger partial charge < -0.3 is 15.5 Å². The van der Waals surface area contributed by atoms with Crippen molar-refractivity contribution in [3.05, 3.63) is 0 Å². The molecule has 0 heterocycles. The topological polar surface area (TPSA) is 52.5 Å². The predicted molar refractivity (Wildman–Crippen MR) is 82.4 cm³/mol. The molecule has 0 amide bonds. The molecule has 0 aromatic heterocycles. The van der Waals surface area contributed by atoms with Gasteiger partial charge >= 0.3 is 0 Å². The zero-order valence-corrected chi connectivity index (χ0v) is 13.2. The highest BCUT2D eigenvalue weighted by Crippen LogP contribution is 2.22. The van der Waals surface area contributed by atoms with Crippen molar-refractivity contribution in [3.8, 4) is 0 Å². The molecule has 2 unspecified atom stereocenters. The van der Waals surface area contributed by atoms with E-state index in [0.29, 0.717) is 13.0 Å². The molecular formula is C16H35NO2. The van der Waals surface area contributed by atoms with Gasteiger partial charge in [-0.15, -0.1) is 0 Å². The first-order valence-corrected chi connectivity index (χ1v) is 8.12. The van der Waals surface area contributed by atoms with Crippen LogP contribution in [0.4, 0.5) is 0 Å². The summed E-state index contributed by atoms with van der Waals surface area (Å²) in [6.07, 6.45) is 9.98. The van der Waals surface area contributed by atoms with E-state index in [-0.39, 0.29) is 12.1 Å². The number of hydrogen-bond acceptors (Lipinski definition) is 3. The van der Waals surface area contributed by atoms with E-state index in [1.807, 2.05) is 0 Å². The number of rotatable bonds is 13. The van der Waals surface area contributed by atoms with E-state index < -0.39 is 6.10 Å². The molecule has 3 nitrogen and oxygen atoms in total. The highest BCUT2D eigenvalue weighted by atomic mass is 16.3. The minimum Gasteiger partial charge on any atom is -0.396 e. The van der Waals surface area contributed by atoms with E-state index in [9.17, 15) is 5.11 Å². The van der Waals surface area contributed by atoms with Crippen LogP contribution in [0.3, 0.4) is 0 Å². The maximum Gasteiger partial charge on any atom is 0.0686 e. The van der Waals surface area contributed by atoms with Gasteiger partial charge in [0, 0.05) is 18.7 Å². The van der Waals surface area contributed by atoms with Gasteiger partial charge in [0.05, 0.1) is 6.10 Å². The first-order chi connectivity index (χ1) is 9.08. The Morgan fingerprint density at radius 1 is 1.00 bits per heavy atom. The SMILES string of the molecule is CCCCCCC(C)(CCCC)NCC(O)CCO. The summed E-state index contributed by atoms with van der Waals surface area (Å²) in [4.78, 5) is 0. The number of hydrogen-bond donors (Lipinski definition) is 3. The van der Waals surface area contributed by atoms with Gasteiger partial charge in [0.1, 0.15) is 0 Å². The van der Waals surface area contributed by atoms with E-state index in [4.69, 9.17) is 5.11 Å². The second-order valence-corrected chi connectivity index (χ2v) is 6.02. The molecule has 0 fully saturated rings. The Kier molecular flexibility index (Phi) is 11.6. The van der Waals surface area contributed by atoms with Crippen molar-refractivity contribution < 1.29 is 10.2 Å². The van der Waals surface area contributed by atoms with Crippen LogP contribution in [0.1, 0.15) is 78.6 Å². The summed E-state index contributed by atoms with van der Waals surface area (Å²) < 4.78 is 0. The highest BCUT2D eigenvalue weighted by molar-refractivity contribution is 4.84. The molecule has 0 saturated heterocycles. The molecule has 0 aliphatic rings. The van der Waals surface area contributed by atoms with Crippen LogP contribution in [-0.4, -0.2) is 35.0 Å². The molecule has 3 heteroatoms. The summed E-state index contributed by atoms with van der Waals surface area (Å²) in [5, 5.41) is 22.1. The van der Waals surface area contributed by atoms with E-state index in [1.165, 1.54) is 51.4 Å². The zero-order chi connectivity index (χ0) is 14.6. The van der Waals surface area contributed by atoms with Crippen molar-refractivity contribution in [2.24, 2.45) is 0 Å². The van der Waals surface area contributed by atoms with Crippen molar-refractivity contribution in [2.75, 3.05) is 13.2 Å². The Bertz CT molecular complexity index is 199. The van der Waals surface area contributed by atoms with E-state index >= 15 is 0 Å². The van der Waals surface area contributed by atoms with Gasteiger partial charge in [-0.3, -0.25) is 0 Å². The highest BCUT2D eigenvalue weighted by Gasteiger charge is 2.23. The molecule has 0 radical (unpaired) electrons. The normalized spacial score (nSPS) is 16.3. The van der Waals surface area contributed by atoms with Crippen LogP contribution in [0.5, 0.6) is 0 Å². The summed E-state index contributed by atoms with van der Waals surface area (Å²) in [5.41, 5.74) is 0.139. The van der Waals surface area contributed by atoms with Crippen LogP contribution < -0.4 is 5.32 Å². The Morgan fingerprint density at radius 3 is 2.21 bits per heavy atom. The van der Waals surface area contributed by atoms with Crippen LogP contribution in [0.15, 0.2) is 0 Å². The largest absolute Gasteiger partial charge is 0.396 e. The maximum atomic E-state index is 9.73. The Balaban J connectivity index is 4.09. The summed E-state index contributed by atoms with van der Waals surface area (Å²) in [6.45, 7) is 7.39. The van der Waals surface area contributed by atoms with Crippen LogP contribution in [0.25, 0.3) is 0 Å². The average molecular weight is 273 g/mol. The van der Waals surface area contributed by atoms with Crippen LogP contribution >= 0.6 is 0 Å². The van der Waals surface area contributed by atoms with Gasteiger partial charge in [0.25, 0.3) is 0 Å². The molecule has 0 aliphatic carbocycles. The lowest BCUT2D eigenvalue weighted by molar-refractivity contribution is 0.117. The number of aliphatic hydroxyl groups excluding tert-OH is 2. The van der Waals surface area contributed by atoms with Gasteiger partial charge in [0.15, 0.2) is 0 Å². The van der Waals surface area contributed by atoms with Crippen molar-refractivity contribution >= 4 is 0 Å². The minimum atomic E-state index is -0.429. The molecule has 3 N–H and O–H groups in total. The third kappa shape index (κ3) is 10.3. The second-order valence-electron chi connectivity index (χ2n) is 6.02. The molecule has 2 atom stereocenters. The number of nitrogens with one attached hydrogen (secondary N) is 1. The Hall–Kier alpha value is -0.120.